The molecule has 21 heavy (non-hydrogen) atoms. The van der Waals surface area contributed by atoms with Gasteiger partial charge in [-0.1, -0.05) is 59.5 Å². The molecule has 0 aliphatic carbocycles. The highest BCUT2D eigenvalue weighted by molar-refractivity contribution is 6.33. The fraction of sp³-hybridized carbons (Fsp3) is 0. The van der Waals surface area contributed by atoms with Gasteiger partial charge in [-0.3, -0.25) is 4.57 Å². The first kappa shape index (κ1) is 6.77. The highest BCUT2D eigenvalue weighted by Gasteiger charge is 2.14. The van der Waals surface area contributed by atoms with Crippen molar-refractivity contribution in [2.24, 2.45) is 0 Å². The summed E-state index contributed by atoms with van der Waals surface area (Å²) in [5.74, 6) is -0.183. The summed E-state index contributed by atoms with van der Waals surface area (Å²) in [7, 11) is 0. The predicted octanol–water partition coefficient (Wildman–Crippen LogP) is 4.88. The number of nitrogens with zero attached hydrogens (tertiary/aromatic N) is 3. The molecule has 0 aliphatic rings. The summed E-state index contributed by atoms with van der Waals surface area (Å²) in [6.45, 7) is 0. The molecule has 2 aromatic carbocycles. The number of halogens is 2. The minimum atomic E-state index is -0.532. The van der Waals surface area contributed by atoms with E-state index in [0.717, 1.165) is 4.57 Å². The lowest BCUT2D eigenvalue weighted by molar-refractivity contribution is 0.989. The summed E-state index contributed by atoms with van der Waals surface area (Å²) in [6.07, 6.45) is 0. The van der Waals surface area contributed by atoms with Gasteiger partial charge in [-0.15, -0.1) is 0 Å². The summed E-state index contributed by atoms with van der Waals surface area (Å²) in [4.78, 5) is 8.10. The second-order valence-corrected chi connectivity index (χ2v) is 4.87. The number of para-hydroxylation sites is 2. The monoisotopic (exact) mass is 321 g/mol. The van der Waals surface area contributed by atoms with Crippen LogP contribution in [0.25, 0.3) is 27.8 Å². The Morgan fingerprint density at radius 1 is 0.810 bits per heavy atom. The van der Waals surface area contributed by atoms with Crippen LogP contribution in [0.1, 0.15) is 11.0 Å². The third kappa shape index (κ3) is 1.97. The lowest BCUT2D eigenvalue weighted by Gasteiger charge is -2.06. The van der Waals surface area contributed by atoms with Crippen molar-refractivity contribution in [1.29, 1.82) is 0 Å². The van der Waals surface area contributed by atoms with Crippen LogP contribution in [0.2, 0.25) is 10.3 Å². The van der Waals surface area contributed by atoms with Gasteiger partial charge in [-0.05, 0) is 12.1 Å². The van der Waals surface area contributed by atoms with Gasteiger partial charge in [-0.25, -0.2) is 9.97 Å². The fourth-order valence-corrected chi connectivity index (χ4v) is 2.51. The Balaban J connectivity index is 2.44. The van der Waals surface area contributed by atoms with Crippen molar-refractivity contribution < 1.29 is 11.0 Å². The molecule has 3 nitrogen and oxygen atoms in total. The molecule has 0 saturated heterocycles. The average molecular weight is 322 g/mol. The topological polar surface area (TPSA) is 30.7 Å². The predicted molar refractivity (Wildman–Crippen MR) is 86.4 cm³/mol. The first-order valence-corrected chi connectivity index (χ1v) is 6.53. The number of hydrogen-bond donors (Lipinski definition) is 0. The van der Waals surface area contributed by atoms with Crippen LogP contribution in [-0.2, 0) is 0 Å². The van der Waals surface area contributed by atoms with Crippen LogP contribution in [0, 0.1) is 0 Å². The Hall–Kier alpha value is -2.10. The fourth-order valence-electron chi connectivity index (χ4n) is 2.10. The molecule has 0 radical (unpaired) electrons. The molecule has 0 fully saturated rings. The SMILES string of the molecule is [2H]c1c([2H])c([2H])c2c(c1[2H])c1c([2H])c([2H])c([2H])c([2H])c1n2-c1nc(Cl)cc(Cl)n1. The van der Waals surface area contributed by atoms with E-state index in [9.17, 15) is 0 Å². The second kappa shape index (κ2) is 4.72. The number of rotatable bonds is 1. The van der Waals surface area contributed by atoms with Crippen LogP contribution in [0.3, 0.4) is 0 Å². The lowest BCUT2D eigenvalue weighted by Crippen LogP contribution is -2.01. The van der Waals surface area contributed by atoms with Crippen molar-refractivity contribution in [2.45, 2.75) is 0 Å². The van der Waals surface area contributed by atoms with E-state index >= 15 is 0 Å². The zero-order valence-electron chi connectivity index (χ0n) is 18.2. The van der Waals surface area contributed by atoms with E-state index in [2.05, 4.69) is 9.97 Å². The Kier molecular flexibility index (Phi) is 1.52. The lowest BCUT2D eigenvalue weighted by atomic mass is 10.2. The third-order valence-electron chi connectivity index (χ3n) is 2.88. The summed E-state index contributed by atoms with van der Waals surface area (Å²) >= 11 is 11.9. The van der Waals surface area contributed by atoms with Crippen LogP contribution in [-0.4, -0.2) is 14.5 Å². The summed E-state index contributed by atoms with van der Waals surface area (Å²) < 4.78 is 66.4. The molecule has 0 bridgehead atoms. The third-order valence-corrected chi connectivity index (χ3v) is 3.27. The summed E-state index contributed by atoms with van der Waals surface area (Å²) in [5.41, 5.74) is -0.201. The molecule has 0 N–H and O–H groups in total. The van der Waals surface area contributed by atoms with Crippen LogP contribution in [0.4, 0.5) is 0 Å². The maximum absolute atomic E-state index is 8.35. The van der Waals surface area contributed by atoms with E-state index in [1.807, 2.05) is 0 Å². The smallest absolute Gasteiger partial charge is 0.237 e. The van der Waals surface area contributed by atoms with E-state index in [1.165, 1.54) is 6.07 Å². The van der Waals surface area contributed by atoms with E-state index in [-0.39, 0.29) is 38.1 Å². The van der Waals surface area contributed by atoms with Gasteiger partial charge in [-0.2, -0.15) is 0 Å². The number of fused-ring (bicyclic) bond motifs is 3. The standard InChI is InChI=1S/C16H9Cl2N3/c17-14-9-15(18)20-16(19-14)21-12-7-3-1-5-10(12)11-6-2-4-8-13(11)21/h1-9H/i1D,2D,3D,4D,5D,6D,7D,8D. The summed E-state index contributed by atoms with van der Waals surface area (Å²) in [5, 5.41) is -0.233. The average Bonchev–Trinajstić information content (AvgIpc) is 3.03. The van der Waals surface area contributed by atoms with Gasteiger partial charge in [0.15, 0.2) is 0 Å². The van der Waals surface area contributed by atoms with Crippen molar-refractivity contribution >= 4 is 45.0 Å². The highest BCUT2D eigenvalue weighted by atomic mass is 35.5. The van der Waals surface area contributed by atoms with E-state index in [0.29, 0.717) is 0 Å². The molecule has 0 amide bonds. The molecule has 0 aliphatic heterocycles. The normalized spacial score (nSPS) is 16.7. The van der Waals surface area contributed by atoms with Gasteiger partial charge in [0.05, 0.1) is 22.0 Å². The molecule has 4 rings (SSSR count). The molecule has 5 heteroatoms. The van der Waals surface area contributed by atoms with Gasteiger partial charge >= 0.3 is 0 Å². The number of benzene rings is 2. The van der Waals surface area contributed by atoms with E-state index in [1.54, 1.807) is 0 Å². The van der Waals surface area contributed by atoms with Crippen molar-refractivity contribution in [1.82, 2.24) is 14.5 Å². The van der Waals surface area contributed by atoms with Gasteiger partial charge in [0.25, 0.3) is 0 Å². The molecule has 0 saturated carbocycles. The minimum absolute atomic E-state index is 0.0447. The Morgan fingerprint density at radius 3 is 1.81 bits per heavy atom. The van der Waals surface area contributed by atoms with Crippen LogP contribution >= 0.6 is 23.2 Å². The first-order chi connectivity index (χ1) is 13.6. The minimum Gasteiger partial charge on any atom is -0.278 e. The molecular weight excluding hydrogens is 305 g/mol. The van der Waals surface area contributed by atoms with Gasteiger partial charge in [0.1, 0.15) is 10.3 Å². The molecular formula is C16H9Cl2N3. The van der Waals surface area contributed by atoms with Crippen LogP contribution in [0.5, 0.6) is 0 Å². The van der Waals surface area contributed by atoms with Crippen LogP contribution < -0.4 is 0 Å². The quantitative estimate of drug-likeness (QED) is 0.468. The molecule has 4 aromatic rings. The maximum atomic E-state index is 8.35. The van der Waals surface area contributed by atoms with Crippen molar-refractivity contribution in [3.63, 3.8) is 0 Å². The first-order valence-electron chi connectivity index (χ1n) is 9.77. The number of hydrogen-bond acceptors (Lipinski definition) is 2. The molecule has 2 heterocycles. The molecule has 0 atom stereocenters. The zero-order valence-corrected chi connectivity index (χ0v) is 11.7. The Labute approximate surface area is 142 Å². The molecule has 0 spiro atoms. The molecule has 0 unspecified atom stereocenters. The van der Waals surface area contributed by atoms with Crippen LogP contribution in [0.15, 0.2) is 54.4 Å². The van der Waals surface area contributed by atoms with Gasteiger partial charge in [0.2, 0.25) is 5.95 Å². The van der Waals surface area contributed by atoms with E-state index in [4.69, 9.17) is 34.2 Å². The van der Waals surface area contributed by atoms with Gasteiger partial charge in [0, 0.05) is 16.8 Å². The van der Waals surface area contributed by atoms with E-state index < -0.39 is 48.3 Å². The van der Waals surface area contributed by atoms with Crippen molar-refractivity contribution in [3.05, 3.63) is 64.7 Å². The van der Waals surface area contributed by atoms with Crippen molar-refractivity contribution in [2.75, 3.05) is 0 Å². The van der Waals surface area contributed by atoms with Crippen molar-refractivity contribution in [3.8, 4) is 5.95 Å². The summed E-state index contributed by atoms with van der Waals surface area (Å²) in [6, 6.07) is -2.64. The zero-order chi connectivity index (χ0) is 21.4. The largest absolute Gasteiger partial charge is 0.278 e. The molecule has 2 aromatic heterocycles. The highest BCUT2D eigenvalue weighted by Crippen LogP contribution is 2.31. The number of aromatic nitrogens is 3. The maximum Gasteiger partial charge on any atom is 0.237 e. The second-order valence-electron chi connectivity index (χ2n) is 4.10. The van der Waals surface area contributed by atoms with Gasteiger partial charge < -0.3 is 0 Å². The Bertz CT molecular complexity index is 1270. The molecule has 102 valence electrons. The Morgan fingerprint density at radius 2 is 1.29 bits per heavy atom.